The molecule has 0 spiro atoms. The zero-order valence-electron chi connectivity index (χ0n) is 12.8. The molecule has 0 aromatic carbocycles. The van der Waals surface area contributed by atoms with Gasteiger partial charge in [-0.1, -0.05) is 11.6 Å². The van der Waals surface area contributed by atoms with Gasteiger partial charge in [0.1, 0.15) is 5.82 Å². The number of aromatic nitrogens is 1. The average Bonchev–Trinajstić information content (AvgIpc) is 2.50. The van der Waals surface area contributed by atoms with Crippen LogP contribution in [0, 0.1) is 5.92 Å². The topological polar surface area (TPSA) is 22.6 Å². The molecule has 2 aliphatic heterocycles. The lowest BCUT2D eigenvalue weighted by Crippen LogP contribution is -2.48. The molecule has 5 heteroatoms. The first kappa shape index (κ1) is 15.1. The van der Waals surface area contributed by atoms with Crippen LogP contribution in [0.1, 0.15) is 12.8 Å². The first-order chi connectivity index (χ1) is 10.2. The van der Waals surface area contributed by atoms with E-state index < -0.39 is 0 Å². The third-order valence-electron chi connectivity index (χ3n) is 4.67. The molecule has 3 rings (SSSR count). The van der Waals surface area contributed by atoms with Crippen LogP contribution in [-0.4, -0.2) is 67.6 Å². The predicted octanol–water partition coefficient (Wildman–Crippen LogP) is 2.20. The van der Waals surface area contributed by atoms with Gasteiger partial charge in [0, 0.05) is 52.0 Å². The van der Waals surface area contributed by atoms with Crippen molar-refractivity contribution in [1.82, 2.24) is 14.8 Å². The van der Waals surface area contributed by atoms with E-state index in [9.17, 15) is 0 Å². The number of nitrogens with zero attached hydrogens (tertiary/aromatic N) is 4. The van der Waals surface area contributed by atoms with Crippen LogP contribution in [0.3, 0.4) is 0 Å². The van der Waals surface area contributed by atoms with Crippen LogP contribution in [-0.2, 0) is 0 Å². The highest BCUT2D eigenvalue weighted by molar-refractivity contribution is 6.32. The average molecular weight is 309 g/mol. The number of likely N-dealkylation sites (N-methyl/N-ethyl adjacent to an activating group) is 1. The second-order valence-corrected chi connectivity index (χ2v) is 6.77. The summed E-state index contributed by atoms with van der Waals surface area (Å²) in [6, 6.07) is 3.84. The summed E-state index contributed by atoms with van der Waals surface area (Å²) in [6.07, 6.45) is 4.41. The van der Waals surface area contributed by atoms with Gasteiger partial charge in [-0.2, -0.15) is 0 Å². The highest BCUT2D eigenvalue weighted by atomic mass is 35.5. The van der Waals surface area contributed by atoms with Gasteiger partial charge in [-0.3, -0.25) is 0 Å². The standard InChI is InChI=1S/C16H25ClN4/c1-19-8-10-20(11-9-19)12-14-4-3-7-21(13-14)16-15(17)5-2-6-18-16/h2,5-6,14H,3-4,7-13H2,1H3. The van der Waals surface area contributed by atoms with Crippen LogP contribution in [0.2, 0.25) is 5.02 Å². The van der Waals surface area contributed by atoms with Gasteiger partial charge in [0.2, 0.25) is 0 Å². The van der Waals surface area contributed by atoms with Crippen LogP contribution >= 0.6 is 11.6 Å². The largest absolute Gasteiger partial charge is 0.355 e. The molecule has 2 fully saturated rings. The Hall–Kier alpha value is -0.840. The van der Waals surface area contributed by atoms with Crippen LogP contribution in [0.5, 0.6) is 0 Å². The molecule has 0 bridgehead atoms. The molecule has 1 aromatic heterocycles. The minimum absolute atomic E-state index is 0.736. The summed E-state index contributed by atoms with van der Waals surface area (Å²) in [5, 5.41) is 0.776. The van der Waals surface area contributed by atoms with Gasteiger partial charge in [0.25, 0.3) is 0 Å². The van der Waals surface area contributed by atoms with Gasteiger partial charge in [-0.05, 0) is 37.9 Å². The number of rotatable bonds is 3. The monoisotopic (exact) mass is 308 g/mol. The van der Waals surface area contributed by atoms with E-state index in [0.29, 0.717) is 0 Å². The molecule has 0 radical (unpaired) electrons. The van der Waals surface area contributed by atoms with Gasteiger partial charge in [0.05, 0.1) is 5.02 Å². The van der Waals surface area contributed by atoms with Gasteiger partial charge < -0.3 is 14.7 Å². The van der Waals surface area contributed by atoms with Gasteiger partial charge >= 0.3 is 0 Å². The molecule has 4 nitrogen and oxygen atoms in total. The SMILES string of the molecule is CN1CCN(CC2CCCN(c3ncccc3Cl)C2)CC1. The van der Waals surface area contributed by atoms with E-state index in [1.807, 2.05) is 18.3 Å². The summed E-state index contributed by atoms with van der Waals surface area (Å²) < 4.78 is 0. The van der Waals surface area contributed by atoms with Crippen LogP contribution in [0.15, 0.2) is 18.3 Å². The Balaban J connectivity index is 1.57. The molecule has 1 unspecified atom stereocenters. The van der Waals surface area contributed by atoms with Crippen molar-refractivity contribution in [2.24, 2.45) is 5.92 Å². The minimum atomic E-state index is 0.736. The molecule has 0 aliphatic carbocycles. The smallest absolute Gasteiger partial charge is 0.147 e. The molecular weight excluding hydrogens is 284 g/mol. The molecule has 0 amide bonds. The second kappa shape index (κ2) is 6.95. The van der Waals surface area contributed by atoms with E-state index in [-0.39, 0.29) is 0 Å². The maximum atomic E-state index is 6.29. The predicted molar refractivity (Wildman–Crippen MR) is 88.1 cm³/mol. The number of pyridine rings is 1. The van der Waals surface area contributed by atoms with E-state index >= 15 is 0 Å². The number of hydrogen-bond acceptors (Lipinski definition) is 4. The van der Waals surface area contributed by atoms with E-state index in [4.69, 9.17) is 11.6 Å². The Morgan fingerprint density at radius 3 is 2.81 bits per heavy atom. The Kier molecular flexibility index (Phi) is 4.99. The Labute approximate surface area is 132 Å². The van der Waals surface area contributed by atoms with Crippen LogP contribution < -0.4 is 4.90 Å². The van der Waals surface area contributed by atoms with E-state index in [0.717, 1.165) is 29.8 Å². The fraction of sp³-hybridized carbons (Fsp3) is 0.688. The summed E-state index contributed by atoms with van der Waals surface area (Å²) in [7, 11) is 2.21. The molecule has 0 N–H and O–H groups in total. The van der Waals surface area contributed by atoms with Crippen molar-refractivity contribution in [3.05, 3.63) is 23.4 Å². The molecule has 3 heterocycles. The maximum Gasteiger partial charge on any atom is 0.147 e. The molecule has 1 aromatic rings. The van der Waals surface area contributed by atoms with E-state index in [2.05, 4.69) is 26.7 Å². The molecule has 2 aliphatic rings. The lowest BCUT2D eigenvalue weighted by Gasteiger charge is -2.39. The Morgan fingerprint density at radius 2 is 2.05 bits per heavy atom. The minimum Gasteiger partial charge on any atom is -0.355 e. The van der Waals surface area contributed by atoms with Gasteiger partial charge in [-0.15, -0.1) is 0 Å². The van der Waals surface area contributed by atoms with E-state index in [1.165, 1.54) is 45.6 Å². The van der Waals surface area contributed by atoms with Gasteiger partial charge in [-0.25, -0.2) is 4.98 Å². The normalized spacial score (nSPS) is 25.2. The molecule has 1 atom stereocenters. The molecule has 0 saturated carbocycles. The van der Waals surface area contributed by atoms with Crippen molar-refractivity contribution in [2.45, 2.75) is 12.8 Å². The molecule has 2 saturated heterocycles. The van der Waals surface area contributed by atoms with Crippen molar-refractivity contribution in [3.8, 4) is 0 Å². The van der Waals surface area contributed by atoms with Crippen LogP contribution in [0.25, 0.3) is 0 Å². The summed E-state index contributed by atoms with van der Waals surface area (Å²) >= 11 is 6.29. The van der Waals surface area contributed by atoms with Crippen LogP contribution in [0.4, 0.5) is 5.82 Å². The second-order valence-electron chi connectivity index (χ2n) is 6.37. The molecular formula is C16H25ClN4. The fourth-order valence-electron chi connectivity index (χ4n) is 3.41. The fourth-order valence-corrected chi connectivity index (χ4v) is 3.65. The number of piperidine rings is 1. The van der Waals surface area contributed by atoms with Crippen molar-refractivity contribution in [1.29, 1.82) is 0 Å². The zero-order valence-corrected chi connectivity index (χ0v) is 13.6. The van der Waals surface area contributed by atoms with Crippen molar-refractivity contribution >= 4 is 17.4 Å². The first-order valence-electron chi connectivity index (χ1n) is 7.99. The lowest BCUT2D eigenvalue weighted by atomic mass is 9.97. The Bertz CT molecular complexity index is 459. The number of halogens is 1. The van der Waals surface area contributed by atoms with Crippen molar-refractivity contribution in [2.75, 3.05) is 57.8 Å². The van der Waals surface area contributed by atoms with Crippen molar-refractivity contribution < 1.29 is 0 Å². The highest BCUT2D eigenvalue weighted by Crippen LogP contribution is 2.27. The summed E-state index contributed by atoms with van der Waals surface area (Å²) in [4.78, 5) is 11.9. The first-order valence-corrected chi connectivity index (χ1v) is 8.36. The van der Waals surface area contributed by atoms with Gasteiger partial charge in [0.15, 0.2) is 0 Å². The summed E-state index contributed by atoms with van der Waals surface area (Å²) in [5.41, 5.74) is 0. The molecule has 116 valence electrons. The summed E-state index contributed by atoms with van der Waals surface area (Å²) in [5.74, 6) is 1.70. The third kappa shape index (κ3) is 3.87. The summed E-state index contributed by atoms with van der Waals surface area (Å²) in [6.45, 7) is 8.19. The number of piperazine rings is 1. The lowest BCUT2D eigenvalue weighted by molar-refractivity contribution is 0.131. The van der Waals surface area contributed by atoms with Crippen molar-refractivity contribution in [3.63, 3.8) is 0 Å². The molecule has 21 heavy (non-hydrogen) atoms. The zero-order chi connectivity index (χ0) is 14.7. The van der Waals surface area contributed by atoms with E-state index in [1.54, 1.807) is 0 Å². The number of anilines is 1. The number of hydrogen-bond donors (Lipinski definition) is 0. The highest BCUT2D eigenvalue weighted by Gasteiger charge is 2.25. The Morgan fingerprint density at radius 1 is 1.24 bits per heavy atom. The maximum absolute atomic E-state index is 6.29. The third-order valence-corrected chi connectivity index (χ3v) is 4.96. The quantitative estimate of drug-likeness (QED) is 0.854.